The molecule has 0 aliphatic carbocycles. The second kappa shape index (κ2) is 10.3. The van der Waals surface area contributed by atoms with E-state index in [2.05, 4.69) is 22.2 Å². The molecule has 32 heavy (non-hydrogen) atoms. The monoisotopic (exact) mass is 446 g/mol. The molecule has 0 unspecified atom stereocenters. The maximum atomic E-state index is 13.2. The predicted octanol–water partition coefficient (Wildman–Crippen LogP) is 1.62. The van der Waals surface area contributed by atoms with E-state index in [1.54, 1.807) is 19.2 Å². The van der Waals surface area contributed by atoms with Crippen molar-refractivity contribution >= 4 is 11.8 Å². The number of fused-ring (bicyclic) bond motifs is 1. The van der Waals surface area contributed by atoms with E-state index in [1.165, 1.54) is 12.1 Å². The Hall–Kier alpha value is -2.03. The Morgan fingerprint density at radius 2 is 1.97 bits per heavy atom. The third-order valence-electron chi connectivity index (χ3n) is 7.40. The highest BCUT2D eigenvalue weighted by molar-refractivity contribution is 5.83. The van der Waals surface area contributed by atoms with E-state index in [-0.39, 0.29) is 41.8 Å². The lowest BCUT2D eigenvalue weighted by Gasteiger charge is -2.33. The number of carbonyl (C=O) groups excluding carboxylic acids is 2. The van der Waals surface area contributed by atoms with Crippen molar-refractivity contribution in [1.29, 1.82) is 0 Å². The number of amides is 2. The number of nitrogens with zero attached hydrogens (tertiary/aromatic N) is 3. The van der Waals surface area contributed by atoms with Gasteiger partial charge in [0, 0.05) is 51.8 Å². The summed E-state index contributed by atoms with van der Waals surface area (Å²) in [5, 5.41) is 3.12. The Bertz CT molecular complexity index is 805. The highest BCUT2D eigenvalue weighted by Gasteiger charge is 2.45. The first kappa shape index (κ1) is 23.1. The number of nitrogens with one attached hydrogen (secondary N) is 1. The van der Waals surface area contributed by atoms with Crippen LogP contribution in [0.4, 0.5) is 4.39 Å². The highest BCUT2D eigenvalue weighted by Crippen LogP contribution is 2.29. The Morgan fingerprint density at radius 3 is 2.72 bits per heavy atom. The maximum absolute atomic E-state index is 13.2. The van der Waals surface area contributed by atoms with Crippen LogP contribution in [0.5, 0.6) is 0 Å². The lowest BCUT2D eigenvalue weighted by Crippen LogP contribution is -2.49. The van der Waals surface area contributed by atoms with Crippen molar-refractivity contribution in [2.75, 3.05) is 40.4 Å². The van der Waals surface area contributed by atoms with Crippen molar-refractivity contribution in [2.45, 2.75) is 62.8 Å². The van der Waals surface area contributed by atoms with E-state index >= 15 is 0 Å². The van der Waals surface area contributed by atoms with E-state index in [9.17, 15) is 14.0 Å². The lowest BCUT2D eigenvalue weighted by molar-refractivity contribution is -0.133. The fourth-order valence-corrected chi connectivity index (χ4v) is 5.61. The van der Waals surface area contributed by atoms with Crippen molar-refractivity contribution in [3.63, 3.8) is 0 Å². The van der Waals surface area contributed by atoms with Gasteiger partial charge in [0.25, 0.3) is 0 Å². The molecule has 2 amide bonds. The number of carbonyl (C=O) groups is 2. The van der Waals surface area contributed by atoms with Gasteiger partial charge in [-0.05, 0) is 50.4 Å². The molecular weight excluding hydrogens is 411 g/mol. The van der Waals surface area contributed by atoms with Crippen LogP contribution in [0.25, 0.3) is 0 Å². The summed E-state index contributed by atoms with van der Waals surface area (Å²) in [6.45, 7) is 3.41. The molecule has 1 aromatic rings. The third kappa shape index (κ3) is 4.97. The largest absolute Gasteiger partial charge is 0.383 e. The Morgan fingerprint density at radius 1 is 1.19 bits per heavy atom. The molecule has 3 heterocycles. The number of hydrogen-bond acceptors (Lipinski definition) is 5. The molecule has 3 saturated heterocycles. The molecule has 8 heteroatoms. The summed E-state index contributed by atoms with van der Waals surface area (Å²) in [5.41, 5.74) is 1.00. The molecular formula is C24H35FN4O3. The van der Waals surface area contributed by atoms with Gasteiger partial charge in [-0.3, -0.25) is 19.4 Å². The lowest BCUT2D eigenvalue weighted by atomic mass is 10.0. The Kier molecular flexibility index (Phi) is 7.43. The summed E-state index contributed by atoms with van der Waals surface area (Å²) in [5.74, 6) is -0.00993. The van der Waals surface area contributed by atoms with Crippen molar-refractivity contribution in [3.8, 4) is 0 Å². The summed E-state index contributed by atoms with van der Waals surface area (Å²) in [6.07, 6.45) is 4.16. The molecule has 0 saturated carbocycles. The van der Waals surface area contributed by atoms with Gasteiger partial charge in [-0.15, -0.1) is 0 Å². The second-order valence-corrected chi connectivity index (χ2v) is 9.34. The standard InChI is InChI=1S/C24H35FN4O3/c1-27-19(9-10-22(30)29-12-3-4-20(29)16-32-2)14-26-24(31)23-21(27)11-13-28(23)15-17-5-7-18(25)8-6-17/h5-8,19-21,23H,3-4,9-16H2,1-2H3,(H,26,31)/t19-,20+,21+,23-/m0/s1. The molecule has 7 nitrogen and oxygen atoms in total. The van der Waals surface area contributed by atoms with Crippen LogP contribution in [-0.4, -0.2) is 91.1 Å². The van der Waals surface area contributed by atoms with Crippen molar-refractivity contribution in [1.82, 2.24) is 20.0 Å². The SMILES string of the molecule is COC[C@H]1CCCN1C(=O)CC[C@H]1CNC(=O)[C@@H]2[C@@H](CCN2Cc2ccc(F)cc2)N1C. The molecule has 176 valence electrons. The average molecular weight is 447 g/mol. The number of hydrogen-bond donors (Lipinski definition) is 1. The first-order chi connectivity index (χ1) is 15.5. The van der Waals surface area contributed by atoms with Crippen LogP contribution in [-0.2, 0) is 20.9 Å². The molecule has 3 aliphatic heterocycles. The zero-order valence-electron chi connectivity index (χ0n) is 19.1. The third-order valence-corrected chi connectivity index (χ3v) is 7.40. The van der Waals surface area contributed by atoms with Crippen molar-refractivity contribution in [3.05, 3.63) is 35.6 Å². The van der Waals surface area contributed by atoms with Crippen LogP contribution >= 0.6 is 0 Å². The van der Waals surface area contributed by atoms with Crippen LogP contribution in [0.3, 0.4) is 0 Å². The van der Waals surface area contributed by atoms with Crippen LogP contribution in [0, 0.1) is 5.82 Å². The minimum Gasteiger partial charge on any atom is -0.383 e. The van der Waals surface area contributed by atoms with Crippen LogP contribution < -0.4 is 5.32 Å². The summed E-state index contributed by atoms with van der Waals surface area (Å²) >= 11 is 0. The van der Waals surface area contributed by atoms with Gasteiger partial charge in [-0.1, -0.05) is 12.1 Å². The number of likely N-dealkylation sites (tertiary alicyclic amines) is 2. The number of rotatable bonds is 7. The fraction of sp³-hybridized carbons (Fsp3) is 0.667. The van der Waals surface area contributed by atoms with Crippen molar-refractivity contribution in [2.24, 2.45) is 0 Å². The molecule has 0 bridgehead atoms. The van der Waals surface area contributed by atoms with E-state index in [4.69, 9.17) is 4.74 Å². The fourth-order valence-electron chi connectivity index (χ4n) is 5.61. The molecule has 4 rings (SSSR count). The van der Waals surface area contributed by atoms with Crippen LogP contribution in [0.2, 0.25) is 0 Å². The Labute approximate surface area is 189 Å². The zero-order valence-corrected chi connectivity index (χ0v) is 19.1. The normalized spacial score (nSPS) is 29.1. The zero-order chi connectivity index (χ0) is 22.7. The highest BCUT2D eigenvalue weighted by atomic mass is 19.1. The number of ether oxygens (including phenoxy) is 1. The molecule has 4 atom stereocenters. The number of halogens is 1. The van der Waals surface area contributed by atoms with E-state index < -0.39 is 0 Å². The van der Waals surface area contributed by atoms with Gasteiger partial charge in [0.1, 0.15) is 11.9 Å². The average Bonchev–Trinajstić information content (AvgIpc) is 3.39. The van der Waals surface area contributed by atoms with Gasteiger partial charge in [0.15, 0.2) is 0 Å². The second-order valence-electron chi connectivity index (χ2n) is 9.34. The molecule has 3 aliphatic rings. The molecule has 0 spiro atoms. The van der Waals surface area contributed by atoms with Gasteiger partial charge in [-0.25, -0.2) is 4.39 Å². The van der Waals surface area contributed by atoms with Gasteiger partial charge >= 0.3 is 0 Å². The summed E-state index contributed by atoms with van der Waals surface area (Å²) < 4.78 is 18.5. The smallest absolute Gasteiger partial charge is 0.239 e. The molecule has 0 radical (unpaired) electrons. The van der Waals surface area contributed by atoms with Gasteiger partial charge < -0.3 is 15.0 Å². The van der Waals surface area contributed by atoms with Gasteiger partial charge in [0.2, 0.25) is 11.8 Å². The summed E-state index contributed by atoms with van der Waals surface area (Å²) in [7, 11) is 3.76. The van der Waals surface area contributed by atoms with E-state index in [0.717, 1.165) is 44.3 Å². The van der Waals surface area contributed by atoms with E-state index in [1.807, 2.05) is 4.90 Å². The van der Waals surface area contributed by atoms with Crippen LogP contribution in [0.1, 0.15) is 37.7 Å². The quantitative estimate of drug-likeness (QED) is 0.690. The molecule has 1 N–H and O–H groups in total. The summed E-state index contributed by atoms with van der Waals surface area (Å²) in [4.78, 5) is 32.3. The minimum atomic E-state index is -0.250. The number of methoxy groups -OCH3 is 1. The predicted molar refractivity (Wildman–Crippen MR) is 119 cm³/mol. The number of likely N-dealkylation sites (N-methyl/N-ethyl adjacent to an activating group) is 1. The molecule has 0 aromatic heterocycles. The topological polar surface area (TPSA) is 65.1 Å². The first-order valence-corrected chi connectivity index (χ1v) is 11.7. The Balaban J connectivity index is 1.36. The van der Waals surface area contributed by atoms with Crippen LogP contribution in [0.15, 0.2) is 24.3 Å². The molecule has 1 aromatic carbocycles. The first-order valence-electron chi connectivity index (χ1n) is 11.7. The maximum Gasteiger partial charge on any atom is 0.239 e. The summed E-state index contributed by atoms with van der Waals surface area (Å²) in [6, 6.07) is 6.71. The number of benzene rings is 1. The van der Waals surface area contributed by atoms with Crippen molar-refractivity contribution < 1.29 is 18.7 Å². The van der Waals surface area contributed by atoms with E-state index in [0.29, 0.717) is 26.1 Å². The van der Waals surface area contributed by atoms with Gasteiger partial charge in [0.05, 0.1) is 12.6 Å². The minimum absolute atomic E-state index is 0.0509. The molecule has 3 fully saturated rings. The van der Waals surface area contributed by atoms with Gasteiger partial charge in [-0.2, -0.15) is 0 Å².